The van der Waals surface area contributed by atoms with Crippen LogP contribution in [-0.2, 0) is 0 Å². The fourth-order valence-corrected chi connectivity index (χ4v) is 1.82. The van der Waals surface area contributed by atoms with Gasteiger partial charge in [-0.05, 0) is 18.2 Å². The monoisotopic (exact) mass is 256 g/mol. The van der Waals surface area contributed by atoms with Crippen LogP contribution in [0.3, 0.4) is 0 Å². The fourth-order valence-electron chi connectivity index (χ4n) is 1.82. The van der Waals surface area contributed by atoms with E-state index in [2.05, 4.69) is 15.0 Å². The van der Waals surface area contributed by atoms with E-state index in [4.69, 9.17) is 5.11 Å². The van der Waals surface area contributed by atoms with Gasteiger partial charge < -0.3 is 10.1 Å². The molecule has 0 unspecified atom stereocenters. The van der Waals surface area contributed by atoms with Crippen molar-refractivity contribution in [1.82, 2.24) is 19.5 Å². The van der Waals surface area contributed by atoms with E-state index in [-0.39, 0.29) is 16.6 Å². The van der Waals surface area contributed by atoms with Crippen LogP contribution in [0, 0.1) is 0 Å². The van der Waals surface area contributed by atoms with Gasteiger partial charge in [0, 0.05) is 5.69 Å². The Hall–Kier alpha value is -2.96. The molecule has 0 aliphatic rings. The summed E-state index contributed by atoms with van der Waals surface area (Å²) in [7, 11) is 0. The number of fused-ring (bicyclic) bond motifs is 1. The first-order valence-corrected chi connectivity index (χ1v) is 5.41. The van der Waals surface area contributed by atoms with Crippen molar-refractivity contribution in [3.05, 3.63) is 52.8 Å². The van der Waals surface area contributed by atoms with Crippen molar-refractivity contribution >= 4 is 17.1 Å². The Morgan fingerprint density at radius 2 is 2.16 bits per heavy atom. The third-order valence-corrected chi connectivity index (χ3v) is 2.71. The number of nitrogens with zero attached hydrogens (tertiary/aromatic N) is 3. The first-order valence-electron chi connectivity index (χ1n) is 5.41. The molecule has 0 spiro atoms. The van der Waals surface area contributed by atoms with Crippen molar-refractivity contribution in [3.8, 4) is 5.69 Å². The molecular formula is C12H8N4O3. The maximum atomic E-state index is 11.5. The van der Waals surface area contributed by atoms with Crippen LogP contribution in [-0.4, -0.2) is 30.6 Å². The van der Waals surface area contributed by atoms with E-state index in [1.165, 1.54) is 24.8 Å². The van der Waals surface area contributed by atoms with Crippen LogP contribution < -0.4 is 5.56 Å². The van der Waals surface area contributed by atoms with E-state index >= 15 is 0 Å². The number of aromatic amines is 1. The zero-order chi connectivity index (χ0) is 13.4. The van der Waals surface area contributed by atoms with Crippen LogP contribution in [0.15, 0.2) is 41.7 Å². The molecule has 2 heterocycles. The molecule has 2 N–H and O–H groups in total. The lowest BCUT2D eigenvalue weighted by Crippen LogP contribution is -2.07. The number of H-pyrrole nitrogens is 1. The van der Waals surface area contributed by atoms with E-state index < -0.39 is 5.97 Å². The van der Waals surface area contributed by atoms with Crippen LogP contribution in [0.4, 0.5) is 0 Å². The first kappa shape index (κ1) is 11.1. The number of aromatic carboxylic acids is 1. The first-order chi connectivity index (χ1) is 9.16. The van der Waals surface area contributed by atoms with Gasteiger partial charge in [-0.15, -0.1) is 0 Å². The van der Waals surface area contributed by atoms with Gasteiger partial charge in [0.2, 0.25) is 0 Å². The van der Waals surface area contributed by atoms with Crippen molar-refractivity contribution in [2.75, 3.05) is 0 Å². The summed E-state index contributed by atoms with van der Waals surface area (Å²) in [6.07, 6.45) is 2.72. The van der Waals surface area contributed by atoms with Gasteiger partial charge in [0.1, 0.15) is 6.33 Å². The zero-order valence-electron chi connectivity index (χ0n) is 9.57. The molecule has 0 saturated heterocycles. The molecule has 0 atom stereocenters. The Labute approximate surface area is 106 Å². The highest BCUT2D eigenvalue weighted by atomic mass is 16.4. The molecule has 0 bridgehead atoms. The second kappa shape index (κ2) is 4.05. The van der Waals surface area contributed by atoms with Gasteiger partial charge in [0.15, 0.2) is 11.2 Å². The second-order valence-electron chi connectivity index (χ2n) is 3.87. The predicted molar refractivity (Wildman–Crippen MR) is 66.4 cm³/mol. The largest absolute Gasteiger partial charge is 0.478 e. The van der Waals surface area contributed by atoms with Gasteiger partial charge in [-0.3, -0.25) is 9.36 Å². The number of benzene rings is 1. The summed E-state index contributed by atoms with van der Waals surface area (Å²) < 4.78 is 1.57. The summed E-state index contributed by atoms with van der Waals surface area (Å²) in [4.78, 5) is 32.9. The maximum Gasteiger partial charge on any atom is 0.335 e. The van der Waals surface area contributed by atoms with Crippen molar-refractivity contribution < 1.29 is 9.90 Å². The molecule has 3 rings (SSSR count). The molecule has 0 amide bonds. The Bertz CT molecular complexity index is 834. The van der Waals surface area contributed by atoms with Crippen LogP contribution in [0.2, 0.25) is 0 Å². The molecule has 3 aromatic rings. The van der Waals surface area contributed by atoms with Crippen molar-refractivity contribution in [3.63, 3.8) is 0 Å². The molecule has 0 aliphatic heterocycles. The highest BCUT2D eigenvalue weighted by Crippen LogP contribution is 2.15. The van der Waals surface area contributed by atoms with E-state index in [9.17, 15) is 9.59 Å². The summed E-state index contributed by atoms with van der Waals surface area (Å²) in [5.41, 5.74) is 0.998. The second-order valence-corrected chi connectivity index (χ2v) is 3.87. The minimum absolute atomic E-state index is 0.157. The molecule has 19 heavy (non-hydrogen) atoms. The Morgan fingerprint density at radius 3 is 2.95 bits per heavy atom. The molecular weight excluding hydrogens is 248 g/mol. The normalized spacial score (nSPS) is 10.7. The Morgan fingerprint density at radius 1 is 1.32 bits per heavy atom. The number of hydrogen-bond acceptors (Lipinski definition) is 4. The van der Waals surface area contributed by atoms with Gasteiger partial charge in [-0.25, -0.2) is 14.8 Å². The fraction of sp³-hybridized carbons (Fsp3) is 0. The summed E-state index contributed by atoms with van der Waals surface area (Å²) in [6, 6.07) is 6.33. The lowest BCUT2D eigenvalue weighted by molar-refractivity contribution is 0.0697. The van der Waals surface area contributed by atoms with E-state index in [0.29, 0.717) is 11.3 Å². The van der Waals surface area contributed by atoms with Crippen LogP contribution in [0.25, 0.3) is 16.9 Å². The molecule has 7 heteroatoms. The summed E-state index contributed by atoms with van der Waals surface area (Å²) in [5.74, 6) is -1.02. The lowest BCUT2D eigenvalue weighted by atomic mass is 10.2. The van der Waals surface area contributed by atoms with Gasteiger partial charge in [0.25, 0.3) is 5.56 Å². The predicted octanol–water partition coefficient (Wildman–Crippen LogP) is 0.807. The average Bonchev–Trinajstić information content (AvgIpc) is 2.84. The number of carbonyl (C=O) groups is 1. The van der Waals surface area contributed by atoms with Gasteiger partial charge in [-0.2, -0.15) is 0 Å². The van der Waals surface area contributed by atoms with Gasteiger partial charge in [0.05, 0.1) is 11.9 Å². The van der Waals surface area contributed by atoms with Crippen LogP contribution >= 0.6 is 0 Å². The number of carboxylic acids is 1. The van der Waals surface area contributed by atoms with E-state index in [1.807, 2.05) is 0 Å². The van der Waals surface area contributed by atoms with Crippen LogP contribution in [0.5, 0.6) is 0 Å². The van der Waals surface area contributed by atoms with Crippen molar-refractivity contribution in [2.24, 2.45) is 0 Å². The topological polar surface area (TPSA) is 101 Å². The summed E-state index contributed by atoms with van der Waals surface area (Å²) in [5, 5.41) is 8.97. The number of hydrogen-bond donors (Lipinski definition) is 2. The van der Waals surface area contributed by atoms with Crippen molar-refractivity contribution in [2.45, 2.75) is 0 Å². The molecule has 94 valence electrons. The van der Waals surface area contributed by atoms with Crippen LogP contribution in [0.1, 0.15) is 10.4 Å². The number of nitrogens with one attached hydrogen (secondary N) is 1. The summed E-state index contributed by atoms with van der Waals surface area (Å²) in [6.45, 7) is 0. The number of imidazole rings is 1. The van der Waals surface area contributed by atoms with E-state index in [0.717, 1.165) is 0 Å². The molecule has 2 aromatic heterocycles. The smallest absolute Gasteiger partial charge is 0.335 e. The molecule has 0 saturated carbocycles. The molecule has 0 aliphatic carbocycles. The number of aromatic nitrogens is 4. The third kappa shape index (κ3) is 1.77. The highest BCUT2D eigenvalue weighted by molar-refractivity contribution is 5.88. The summed E-state index contributed by atoms with van der Waals surface area (Å²) >= 11 is 0. The number of rotatable bonds is 2. The quantitative estimate of drug-likeness (QED) is 0.706. The minimum Gasteiger partial charge on any atom is -0.478 e. The van der Waals surface area contributed by atoms with E-state index in [1.54, 1.807) is 16.7 Å². The lowest BCUT2D eigenvalue weighted by Gasteiger charge is -2.04. The molecule has 0 radical (unpaired) electrons. The molecule has 7 nitrogen and oxygen atoms in total. The average molecular weight is 256 g/mol. The SMILES string of the molecule is O=C(O)c1cccc(-n2cnc3c(=O)[nH]cnc32)c1. The van der Waals surface area contributed by atoms with Crippen molar-refractivity contribution in [1.29, 1.82) is 0 Å². The molecule has 0 fully saturated rings. The maximum absolute atomic E-state index is 11.5. The minimum atomic E-state index is -1.02. The standard InChI is InChI=1S/C12H8N4O3/c17-11-9-10(13-5-14-11)16(6-15-9)8-3-1-2-7(4-8)12(18)19/h1-6H,(H,18,19)(H,13,14,17). The van der Waals surface area contributed by atoms with Gasteiger partial charge >= 0.3 is 5.97 Å². The zero-order valence-corrected chi connectivity index (χ0v) is 9.57. The molecule has 1 aromatic carbocycles. The Kier molecular flexibility index (Phi) is 2.38. The Balaban J connectivity index is 2.25. The highest BCUT2D eigenvalue weighted by Gasteiger charge is 2.10. The van der Waals surface area contributed by atoms with Gasteiger partial charge in [-0.1, -0.05) is 6.07 Å². The third-order valence-electron chi connectivity index (χ3n) is 2.71. The number of carboxylic acid groups (broad SMARTS) is 1.